The second kappa shape index (κ2) is 9.18. The first-order valence-electron chi connectivity index (χ1n) is 15.5. The van der Waals surface area contributed by atoms with Gasteiger partial charge in [-0.25, -0.2) is 0 Å². The summed E-state index contributed by atoms with van der Waals surface area (Å²) in [7, 11) is 7.68. The summed E-state index contributed by atoms with van der Waals surface area (Å²) in [5, 5.41) is 0. The summed E-state index contributed by atoms with van der Waals surface area (Å²) in [5.41, 5.74) is 1.74. The Bertz CT molecular complexity index is 857. The Morgan fingerprint density at radius 3 is 2.14 bits per heavy atom. The van der Waals surface area contributed by atoms with Gasteiger partial charge >= 0.3 is 0 Å². The van der Waals surface area contributed by atoms with Gasteiger partial charge in [0.05, 0.1) is 23.9 Å². The molecular weight excluding hydrogens is 460 g/mol. The van der Waals surface area contributed by atoms with E-state index in [9.17, 15) is 0 Å². The molecule has 5 rings (SSSR count). The van der Waals surface area contributed by atoms with E-state index in [2.05, 4.69) is 41.5 Å². The monoisotopic (exact) mass is 518 g/mol. The second-order valence-corrected chi connectivity index (χ2v) is 15.5. The Morgan fingerprint density at radius 1 is 0.838 bits per heavy atom. The maximum atomic E-state index is 6.50. The number of ether oxygens (including phenoxy) is 4. The molecule has 3 unspecified atom stereocenters. The van der Waals surface area contributed by atoms with Crippen molar-refractivity contribution in [1.82, 2.24) is 0 Å². The van der Waals surface area contributed by atoms with Gasteiger partial charge in [0.1, 0.15) is 0 Å². The van der Waals surface area contributed by atoms with Crippen LogP contribution in [0.2, 0.25) is 0 Å². The van der Waals surface area contributed by atoms with Crippen molar-refractivity contribution < 1.29 is 18.9 Å². The SMILES string of the molecule is CO[C@H]1C[C@@]2(C)[C@@H]3CCC4C(C)(C)[C@@H](OC)CC[C@@]45C[C@@]35CCC2(C)C1[C@@](C)(CCC[C@H](C)OC)OC. The molecule has 2 spiro atoms. The largest absolute Gasteiger partial charge is 0.382 e. The van der Waals surface area contributed by atoms with Crippen molar-refractivity contribution in [1.29, 1.82) is 0 Å². The number of rotatable bonds is 9. The van der Waals surface area contributed by atoms with Crippen LogP contribution in [0.1, 0.15) is 112 Å². The van der Waals surface area contributed by atoms with Crippen LogP contribution in [-0.4, -0.2) is 52.4 Å². The first-order chi connectivity index (χ1) is 17.4. The van der Waals surface area contributed by atoms with Gasteiger partial charge in [0.2, 0.25) is 0 Å². The van der Waals surface area contributed by atoms with E-state index >= 15 is 0 Å². The van der Waals surface area contributed by atoms with Crippen LogP contribution in [0, 0.1) is 44.8 Å². The van der Waals surface area contributed by atoms with Crippen LogP contribution < -0.4 is 0 Å². The van der Waals surface area contributed by atoms with E-state index < -0.39 is 0 Å². The van der Waals surface area contributed by atoms with E-state index in [0.717, 1.165) is 31.1 Å². The van der Waals surface area contributed by atoms with Gasteiger partial charge in [-0.3, -0.25) is 0 Å². The van der Waals surface area contributed by atoms with Gasteiger partial charge < -0.3 is 18.9 Å². The Kier molecular flexibility index (Phi) is 7.04. The van der Waals surface area contributed by atoms with Crippen molar-refractivity contribution in [2.24, 2.45) is 44.8 Å². The Labute approximate surface area is 228 Å². The third-order valence-electron chi connectivity index (χ3n) is 14.4. The van der Waals surface area contributed by atoms with Crippen LogP contribution in [0.4, 0.5) is 0 Å². The number of methoxy groups -OCH3 is 4. The highest BCUT2D eigenvalue weighted by Crippen LogP contribution is 2.89. The maximum Gasteiger partial charge on any atom is 0.0709 e. The average Bonchev–Trinajstić information content (AvgIpc) is 3.46. The fraction of sp³-hybridized carbons (Fsp3) is 1.00. The lowest BCUT2D eigenvalue weighted by molar-refractivity contribution is -0.186. The molecule has 0 aromatic carbocycles. The zero-order chi connectivity index (χ0) is 27.1. The molecule has 0 heterocycles. The van der Waals surface area contributed by atoms with Crippen LogP contribution in [0.25, 0.3) is 0 Å². The quantitative estimate of drug-likeness (QED) is 0.314. The summed E-state index contributed by atoms with van der Waals surface area (Å²) in [6, 6.07) is 0. The summed E-state index contributed by atoms with van der Waals surface area (Å²) in [6.07, 6.45) is 15.0. The van der Waals surface area contributed by atoms with Crippen molar-refractivity contribution in [2.75, 3.05) is 28.4 Å². The van der Waals surface area contributed by atoms with Gasteiger partial charge in [0.15, 0.2) is 0 Å². The summed E-state index contributed by atoms with van der Waals surface area (Å²) < 4.78 is 24.5. The van der Waals surface area contributed by atoms with Crippen molar-refractivity contribution in [3.63, 3.8) is 0 Å². The summed E-state index contributed by atoms with van der Waals surface area (Å²) in [6.45, 7) is 15.0. The molecule has 37 heavy (non-hydrogen) atoms. The fourth-order valence-corrected chi connectivity index (χ4v) is 12.3. The van der Waals surface area contributed by atoms with Crippen molar-refractivity contribution in [2.45, 2.75) is 136 Å². The molecule has 0 aliphatic heterocycles. The van der Waals surface area contributed by atoms with E-state index in [4.69, 9.17) is 18.9 Å². The predicted octanol–water partition coefficient (Wildman–Crippen LogP) is 7.68. The Balaban J connectivity index is 1.46. The molecule has 0 N–H and O–H groups in total. The first kappa shape index (κ1) is 28.4. The standard InChI is InChI=1S/C33H58O4/c1-22(34-7)12-11-16-31(6,37-10)27-23(35-8)20-30(5)25-14-13-24-28(2,3)26(36-9)15-17-32(24)21-33(25,32)19-18-29(27,30)4/h22-27H,11-21H2,1-10H3/t22-,23-,24?,25-,26-,27?,29?,30-,31+,32+,33-/m0/s1. The van der Waals surface area contributed by atoms with Crippen LogP contribution >= 0.6 is 0 Å². The molecule has 0 aromatic rings. The fourth-order valence-electron chi connectivity index (χ4n) is 12.3. The van der Waals surface area contributed by atoms with E-state index in [1.54, 1.807) is 0 Å². The zero-order valence-corrected chi connectivity index (χ0v) is 25.9. The molecule has 4 nitrogen and oxygen atoms in total. The minimum Gasteiger partial charge on any atom is -0.382 e. The van der Waals surface area contributed by atoms with Gasteiger partial charge in [-0.15, -0.1) is 0 Å². The van der Waals surface area contributed by atoms with Crippen LogP contribution in [0.15, 0.2) is 0 Å². The number of hydrogen-bond donors (Lipinski definition) is 0. The highest BCUT2D eigenvalue weighted by molar-refractivity contribution is 5.31. The molecule has 214 valence electrons. The topological polar surface area (TPSA) is 36.9 Å². The smallest absolute Gasteiger partial charge is 0.0709 e. The molecule has 5 aliphatic rings. The zero-order valence-electron chi connectivity index (χ0n) is 25.9. The lowest BCUT2D eigenvalue weighted by Gasteiger charge is -2.64. The predicted molar refractivity (Wildman–Crippen MR) is 150 cm³/mol. The molecule has 0 aromatic heterocycles. The molecule has 4 heteroatoms. The molecule has 0 radical (unpaired) electrons. The average molecular weight is 519 g/mol. The van der Waals surface area contributed by atoms with E-state index in [1.165, 1.54) is 51.4 Å². The summed E-state index contributed by atoms with van der Waals surface area (Å²) >= 11 is 0. The van der Waals surface area contributed by atoms with Gasteiger partial charge in [-0.1, -0.05) is 27.7 Å². The lowest BCUT2D eigenvalue weighted by Crippen LogP contribution is -2.59. The lowest BCUT2D eigenvalue weighted by atomic mass is 9.41. The van der Waals surface area contributed by atoms with Gasteiger partial charge in [0, 0.05) is 34.4 Å². The third kappa shape index (κ3) is 3.60. The molecule has 11 atom stereocenters. The molecule has 5 aliphatic carbocycles. The number of hydrogen-bond acceptors (Lipinski definition) is 4. The molecule has 5 saturated carbocycles. The van der Waals surface area contributed by atoms with E-state index in [1.807, 2.05) is 28.4 Å². The highest BCUT2D eigenvalue weighted by Gasteiger charge is 2.83. The van der Waals surface area contributed by atoms with Gasteiger partial charge in [-0.2, -0.15) is 0 Å². The minimum absolute atomic E-state index is 0.178. The minimum atomic E-state index is -0.178. The van der Waals surface area contributed by atoms with Crippen molar-refractivity contribution >= 4 is 0 Å². The summed E-state index contributed by atoms with van der Waals surface area (Å²) in [4.78, 5) is 0. The Morgan fingerprint density at radius 2 is 1.51 bits per heavy atom. The van der Waals surface area contributed by atoms with Crippen LogP contribution in [0.3, 0.4) is 0 Å². The van der Waals surface area contributed by atoms with Crippen LogP contribution in [-0.2, 0) is 18.9 Å². The normalized spacial score (nSPS) is 50.3. The van der Waals surface area contributed by atoms with Gasteiger partial charge in [-0.05, 0) is 123 Å². The maximum absolute atomic E-state index is 6.50. The van der Waals surface area contributed by atoms with Crippen LogP contribution in [0.5, 0.6) is 0 Å². The van der Waals surface area contributed by atoms with E-state index in [-0.39, 0.29) is 22.5 Å². The molecule has 0 amide bonds. The van der Waals surface area contributed by atoms with E-state index in [0.29, 0.717) is 34.4 Å². The highest BCUT2D eigenvalue weighted by atomic mass is 16.5. The van der Waals surface area contributed by atoms with Crippen molar-refractivity contribution in [3.8, 4) is 0 Å². The van der Waals surface area contributed by atoms with Crippen molar-refractivity contribution in [3.05, 3.63) is 0 Å². The van der Waals surface area contributed by atoms with Gasteiger partial charge in [0.25, 0.3) is 0 Å². The molecule has 0 saturated heterocycles. The first-order valence-corrected chi connectivity index (χ1v) is 15.5. The Hall–Kier alpha value is -0.160. The molecular formula is C33H58O4. The molecule has 5 fully saturated rings. The second-order valence-electron chi connectivity index (χ2n) is 15.5. The molecule has 0 bridgehead atoms. The third-order valence-corrected chi connectivity index (χ3v) is 14.4. The number of fused-ring (bicyclic) bond motifs is 2. The summed E-state index contributed by atoms with van der Waals surface area (Å²) in [5.74, 6) is 2.04.